The fourth-order valence-electron chi connectivity index (χ4n) is 1.62. The van der Waals surface area contributed by atoms with Crippen LogP contribution in [-0.2, 0) is 9.59 Å². The number of carbonyl (C=O) groups excluding carboxylic acids is 2. The first-order valence-corrected chi connectivity index (χ1v) is 5.06. The molecular formula is C10H17NO3. The molecule has 2 amide bonds. The van der Waals surface area contributed by atoms with Gasteiger partial charge in [-0.05, 0) is 13.3 Å². The minimum absolute atomic E-state index is 0.0715. The number of aliphatic hydroxyl groups is 1. The molecule has 4 nitrogen and oxygen atoms in total. The summed E-state index contributed by atoms with van der Waals surface area (Å²) < 4.78 is 0. The lowest BCUT2D eigenvalue weighted by atomic mass is 10.1. The zero-order chi connectivity index (χ0) is 10.8. The Morgan fingerprint density at radius 1 is 1.43 bits per heavy atom. The van der Waals surface area contributed by atoms with Gasteiger partial charge in [0.15, 0.2) is 0 Å². The SMILES string of the molecule is CCCCCN1C(=O)CC(C)(O)C1=O. The maximum atomic E-state index is 11.5. The van der Waals surface area contributed by atoms with Gasteiger partial charge < -0.3 is 5.11 Å². The average Bonchev–Trinajstić information content (AvgIpc) is 2.27. The third-order valence-corrected chi connectivity index (χ3v) is 2.49. The van der Waals surface area contributed by atoms with Crippen molar-refractivity contribution in [2.24, 2.45) is 0 Å². The number of likely N-dealkylation sites (tertiary alicyclic amines) is 1. The summed E-state index contributed by atoms with van der Waals surface area (Å²) in [6.45, 7) is 3.90. The van der Waals surface area contributed by atoms with Gasteiger partial charge in [-0.2, -0.15) is 0 Å². The Hall–Kier alpha value is -0.900. The van der Waals surface area contributed by atoms with Gasteiger partial charge in [-0.3, -0.25) is 14.5 Å². The summed E-state index contributed by atoms with van der Waals surface area (Å²) in [6, 6.07) is 0. The van der Waals surface area contributed by atoms with E-state index in [4.69, 9.17) is 0 Å². The largest absolute Gasteiger partial charge is 0.380 e. The van der Waals surface area contributed by atoms with E-state index in [0.717, 1.165) is 19.3 Å². The first-order valence-electron chi connectivity index (χ1n) is 5.06. The zero-order valence-corrected chi connectivity index (χ0v) is 8.75. The molecular weight excluding hydrogens is 182 g/mol. The van der Waals surface area contributed by atoms with Crippen LogP contribution in [0.4, 0.5) is 0 Å². The molecule has 4 heteroatoms. The lowest BCUT2D eigenvalue weighted by Gasteiger charge is -2.16. The second kappa shape index (κ2) is 4.09. The second-order valence-electron chi connectivity index (χ2n) is 4.01. The molecule has 0 aromatic carbocycles. The summed E-state index contributed by atoms with van der Waals surface area (Å²) in [7, 11) is 0. The van der Waals surface area contributed by atoms with Crippen LogP contribution >= 0.6 is 0 Å². The lowest BCUT2D eigenvalue weighted by Crippen LogP contribution is -2.38. The topological polar surface area (TPSA) is 57.6 Å². The molecule has 1 fully saturated rings. The molecule has 1 heterocycles. The van der Waals surface area contributed by atoms with E-state index in [9.17, 15) is 14.7 Å². The fourth-order valence-corrected chi connectivity index (χ4v) is 1.62. The number of imide groups is 1. The van der Waals surface area contributed by atoms with Crippen LogP contribution in [0, 0.1) is 0 Å². The molecule has 0 radical (unpaired) electrons. The molecule has 14 heavy (non-hydrogen) atoms. The predicted octanol–water partition coefficient (Wildman–Crippen LogP) is 0.686. The monoisotopic (exact) mass is 199 g/mol. The number of hydrogen-bond donors (Lipinski definition) is 1. The number of rotatable bonds is 4. The van der Waals surface area contributed by atoms with Crippen LogP contribution in [-0.4, -0.2) is 34.0 Å². The average molecular weight is 199 g/mol. The van der Waals surface area contributed by atoms with Crippen molar-refractivity contribution in [2.45, 2.75) is 45.1 Å². The normalized spacial score (nSPS) is 27.5. The van der Waals surface area contributed by atoms with Crippen molar-refractivity contribution in [1.29, 1.82) is 0 Å². The van der Waals surface area contributed by atoms with Crippen LogP contribution in [0.5, 0.6) is 0 Å². The van der Waals surface area contributed by atoms with Crippen LogP contribution in [0.25, 0.3) is 0 Å². The molecule has 1 unspecified atom stereocenters. The van der Waals surface area contributed by atoms with Gasteiger partial charge in [0.25, 0.3) is 5.91 Å². The molecule has 0 aromatic heterocycles. The third-order valence-electron chi connectivity index (χ3n) is 2.49. The second-order valence-corrected chi connectivity index (χ2v) is 4.01. The van der Waals surface area contributed by atoms with Gasteiger partial charge in [-0.1, -0.05) is 19.8 Å². The summed E-state index contributed by atoms with van der Waals surface area (Å²) in [5.74, 6) is -0.699. The number of amides is 2. The molecule has 1 N–H and O–H groups in total. The first kappa shape index (κ1) is 11.2. The molecule has 0 aromatic rings. The van der Waals surface area contributed by atoms with Crippen molar-refractivity contribution >= 4 is 11.8 Å². The summed E-state index contributed by atoms with van der Waals surface area (Å²) in [6.07, 6.45) is 2.80. The first-order chi connectivity index (χ1) is 6.49. The van der Waals surface area contributed by atoms with Crippen molar-refractivity contribution in [3.63, 3.8) is 0 Å². The van der Waals surface area contributed by atoms with E-state index < -0.39 is 11.5 Å². The van der Waals surface area contributed by atoms with Crippen molar-refractivity contribution in [1.82, 2.24) is 4.90 Å². The van der Waals surface area contributed by atoms with E-state index >= 15 is 0 Å². The fraction of sp³-hybridized carbons (Fsp3) is 0.800. The Kier molecular flexibility index (Phi) is 3.26. The van der Waals surface area contributed by atoms with Gasteiger partial charge in [0.1, 0.15) is 5.60 Å². The molecule has 0 spiro atoms. The highest BCUT2D eigenvalue weighted by atomic mass is 16.3. The van der Waals surface area contributed by atoms with Crippen molar-refractivity contribution in [3.05, 3.63) is 0 Å². The van der Waals surface area contributed by atoms with E-state index in [1.807, 2.05) is 0 Å². The molecule has 1 rings (SSSR count). The zero-order valence-electron chi connectivity index (χ0n) is 8.75. The smallest absolute Gasteiger partial charge is 0.261 e. The van der Waals surface area contributed by atoms with Crippen molar-refractivity contribution < 1.29 is 14.7 Å². The Balaban J connectivity index is 2.53. The van der Waals surface area contributed by atoms with Gasteiger partial charge in [-0.15, -0.1) is 0 Å². The van der Waals surface area contributed by atoms with Gasteiger partial charge >= 0.3 is 0 Å². The van der Waals surface area contributed by atoms with Gasteiger partial charge in [0.05, 0.1) is 6.42 Å². The Labute approximate surface area is 83.9 Å². The molecule has 0 saturated carbocycles. The van der Waals surface area contributed by atoms with E-state index in [-0.39, 0.29) is 12.3 Å². The molecule has 0 bridgehead atoms. The number of nitrogens with zero attached hydrogens (tertiary/aromatic N) is 1. The Morgan fingerprint density at radius 2 is 2.07 bits per heavy atom. The maximum absolute atomic E-state index is 11.5. The van der Waals surface area contributed by atoms with Crippen LogP contribution in [0.2, 0.25) is 0 Å². The van der Waals surface area contributed by atoms with Gasteiger partial charge in [0, 0.05) is 6.54 Å². The quantitative estimate of drug-likeness (QED) is 0.535. The molecule has 1 aliphatic heterocycles. The standard InChI is InChI=1S/C10H17NO3/c1-3-4-5-6-11-8(12)7-10(2,14)9(11)13/h14H,3-7H2,1-2H3. The Morgan fingerprint density at radius 3 is 2.50 bits per heavy atom. The van der Waals surface area contributed by atoms with Crippen LogP contribution in [0.3, 0.4) is 0 Å². The molecule has 1 saturated heterocycles. The highest BCUT2D eigenvalue weighted by molar-refractivity contribution is 6.07. The molecule has 1 atom stereocenters. The van der Waals surface area contributed by atoms with Crippen molar-refractivity contribution in [2.75, 3.05) is 6.54 Å². The number of carbonyl (C=O) groups is 2. The molecule has 1 aliphatic rings. The van der Waals surface area contributed by atoms with E-state index in [1.165, 1.54) is 11.8 Å². The maximum Gasteiger partial charge on any atom is 0.261 e. The molecule has 80 valence electrons. The summed E-state index contributed by atoms with van der Waals surface area (Å²) in [5.41, 5.74) is -1.47. The summed E-state index contributed by atoms with van der Waals surface area (Å²) in [4.78, 5) is 24.0. The van der Waals surface area contributed by atoms with Gasteiger partial charge in [0.2, 0.25) is 5.91 Å². The van der Waals surface area contributed by atoms with E-state index in [1.54, 1.807) is 0 Å². The van der Waals surface area contributed by atoms with E-state index in [0.29, 0.717) is 6.54 Å². The predicted molar refractivity (Wildman–Crippen MR) is 51.5 cm³/mol. The van der Waals surface area contributed by atoms with Crippen molar-refractivity contribution in [3.8, 4) is 0 Å². The minimum atomic E-state index is -1.47. The van der Waals surface area contributed by atoms with E-state index in [2.05, 4.69) is 6.92 Å². The highest BCUT2D eigenvalue weighted by Crippen LogP contribution is 2.23. The highest BCUT2D eigenvalue weighted by Gasteiger charge is 2.46. The number of hydrogen-bond acceptors (Lipinski definition) is 3. The van der Waals surface area contributed by atoms with Crippen LogP contribution in [0.1, 0.15) is 39.5 Å². The lowest BCUT2D eigenvalue weighted by molar-refractivity contribution is -0.144. The summed E-state index contributed by atoms with van der Waals surface area (Å²) >= 11 is 0. The minimum Gasteiger partial charge on any atom is -0.380 e. The third kappa shape index (κ3) is 2.12. The van der Waals surface area contributed by atoms with Crippen LogP contribution < -0.4 is 0 Å². The summed E-state index contributed by atoms with van der Waals surface area (Å²) in [5, 5.41) is 9.55. The van der Waals surface area contributed by atoms with Crippen LogP contribution in [0.15, 0.2) is 0 Å². The number of unbranched alkanes of at least 4 members (excludes halogenated alkanes) is 2. The molecule has 0 aliphatic carbocycles. The Bertz CT molecular complexity index is 248. The van der Waals surface area contributed by atoms with Gasteiger partial charge in [-0.25, -0.2) is 0 Å².